The van der Waals surface area contributed by atoms with Crippen molar-refractivity contribution in [1.82, 2.24) is 30.7 Å². The average molecular weight is 1070 g/mol. The fraction of sp³-hybridized carbons (Fsp3) is 0.458. The monoisotopic (exact) mass is 1070 g/mol. The molecule has 3 aromatic carbocycles. The number of rotatable bonds is 23. The van der Waals surface area contributed by atoms with Gasteiger partial charge in [-0.2, -0.15) is 0 Å². The van der Waals surface area contributed by atoms with Crippen LogP contribution in [0.15, 0.2) is 87.6 Å². The van der Waals surface area contributed by atoms with Gasteiger partial charge in [0.15, 0.2) is 5.76 Å². The molecule has 77 heavy (non-hydrogen) atoms. The number of aryl methyl sites for hydroxylation is 3. The number of nitrogens with one attached hydrogen (secondary N) is 3. The molecular formula is C59H73N7O10S. The number of ether oxygens (including phenoxy) is 4. The van der Waals surface area contributed by atoms with Gasteiger partial charge in [0.25, 0.3) is 17.3 Å². The van der Waals surface area contributed by atoms with Gasteiger partial charge in [-0.1, -0.05) is 50.2 Å². The van der Waals surface area contributed by atoms with Crippen LogP contribution in [0.1, 0.15) is 115 Å². The number of aliphatic hydroxyl groups is 1. The van der Waals surface area contributed by atoms with Crippen LogP contribution in [0.2, 0.25) is 0 Å². The minimum absolute atomic E-state index is 0.0304. The van der Waals surface area contributed by atoms with Crippen molar-refractivity contribution in [2.75, 3.05) is 57.6 Å². The van der Waals surface area contributed by atoms with Crippen molar-refractivity contribution in [1.29, 1.82) is 0 Å². The number of aromatic nitrogens is 3. The molecule has 1 unspecified atom stereocenters. The first-order chi connectivity index (χ1) is 37.1. The van der Waals surface area contributed by atoms with E-state index >= 15 is 0 Å². The largest absolute Gasteiger partial charge is 0.491 e. The number of hydrogen-bond donors (Lipinski definition) is 4. The fourth-order valence-electron chi connectivity index (χ4n) is 10.4. The molecule has 0 saturated carbocycles. The smallest absolute Gasteiger partial charge is 0.254 e. The third-order valence-electron chi connectivity index (χ3n) is 14.6. The van der Waals surface area contributed by atoms with E-state index in [-0.39, 0.29) is 66.7 Å². The number of aliphatic hydroxyl groups excluding tert-OH is 1. The van der Waals surface area contributed by atoms with Gasteiger partial charge in [0.1, 0.15) is 24.3 Å². The first-order valence-electron chi connectivity index (χ1n) is 26.8. The van der Waals surface area contributed by atoms with Gasteiger partial charge < -0.3 is 54.0 Å². The second kappa shape index (κ2) is 26.0. The standard InChI is InChI=1S/C59H73N7O10S/c1-9-65(45-19-23-73-24-20-45)50-29-44(28-48(38(50)6)56(68)60-32-49-36(4)27-37(5)62-57(49)69)42-15-17-47(18-16-42)74-26-25-72-21-10-22-75-53-31-52(76-64-53)54(35(2)3)59(71)66-33-46(67)30-51(66)58(70)63-39(7)41-11-13-43(14-12-41)55-40(8)61-34-77-55/h11-18,27-29,31,34-35,39,45-46,51,54,67H,9-10,19-26,30,32-33H2,1-8H3,(H,60,68)(H,62,69)(H,63,70)/t39-,46+,51-,54?/m0/s1. The van der Waals surface area contributed by atoms with Gasteiger partial charge >= 0.3 is 0 Å². The molecule has 8 rings (SSSR count). The maximum atomic E-state index is 14.2. The molecule has 0 bridgehead atoms. The van der Waals surface area contributed by atoms with E-state index < -0.39 is 18.1 Å². The zero-order chi connectivity index (χ0) is 54.8. The highest BCUT2D eigenvalue weighted by Gasteiger charge is 2.43. The number of hydrogen-bond acceptors (Lipinski definition) is 14. The number of H-pyrrole nitrogens is 1. The lowest BCUT2D eigenvalue weighted by atomic mass is 9.91. The van der Waals surface area contributed by atoms with E-state index in [0.717, 1.165) is 74.7 Å². The Labute approximate surface area is 454 Å². The molecule has 3 amide bonds. The molecule has 2 saturated heterocycles. The van der Waals surface area contributed by atoms with Crippen LogP contribution < -0.4 is 30.6 Å². The number of anilines is 1. The zero-order valence-corrected chi connectivity index (χ0v) is 46.3. The van der Waals surface area contributed by atoms with Crippen LogP contribution in [0.3, 0.4) is 0 Å². The molecule has 2 aliphatic heterocycles. The highest BCUT2D eigenvalue weighted by molar-refractivity contribution is 7.13. The van der Waals surface area contributed by atoms with Crippen LogP contribution in [-0.2, 0) is 25.6 Å². The van der Waals surface area contributed by atoms with E-state index in [1.165, 1.54) is 4.90 Å². The van der Waals surface area contributed by atoms with Crippen molar-refractivity contribution in [3.8, 4) is 33.2 Å². The lowest BCUT2D eigenvalue weighted by Crippen LogP contribution is -2.48. The number of β-amino-alcohol motifs (C(OH)–C–C–N with tert-alkyl or cyclic N) is 1. The predicted octanol–water partition coefficient (Wildman–Crippen LogP) is 8.77. The topological polar surface area (TPSA) is 211 Å². The normalized spacial score (nSPS) is 16.6. The Morgan fingerprint density at radius 2 is 1.65 bits per heavy atom. The van der Waals surface area contributed by atoms with Crippen molar-refractivity contribution in [3.63, 3.8) is 0 Å². The highest BCUT2D eigenvalue weighted by atomic mass is 32.1. The number of nitrogens with zero attached hydrogens (tertiary/aromatic N) is 4. The first-order valence-corrected chi connectivity index (χ1v) is 27.6. The third-order valence-corrected chi connectivity index (χ3v) is 15.6. The molecule has 3 aromatic heterocycles. The predicted molar refractivity (Wildman–Crippen MR) is 297 cm³/mol. The summed E-state index contributed by atoms with van der Waals surface area (Å²) in [6.07, 6.45) is 1.65. The molecule has 18 heteroatoms. The lowest BCUT2D eigenvalue weighted by molar-refractivity contribution is -0.141. The highest BCUT2D eigenvalue weighted by Crippen LogP contribution is 2.36. The van der Waals surface area contributed by atoms with Crippen LogP contribution in [0.25, 0.3) is 21.6 Å². The number of likely N-dealkylation sites (tertiary alicyclic amines) is 1. The second-order valence-corrected chi connectivity index (χ2v) is 21.3. The summed E-state index contributed by atoms with van der Waals surface area (Å²) in [5.74, 6) is -0.634. The molecule has 0 aliphatic carbocycles. The maximum absolute atomic E-state index is 14.2. The molecule has 2 fully saturated rings. The van der Waals surface area contributed by atoms with Gasteiger partial charge in [-0.25, -0.2) is 4.98 Å². The summed E-state index contributed by atoms with van der Waals surface area (Å²) in [5, 5.41) is 20.9. The lowest BCUT2D eigenvalue weighted by Gasteiger charge is -2.37. The van der Waals surface area contributed by atoms with Crippen LogP contribution in [-0.4, -0.2) is 114 Å². The summed E-state index contributed by atoms with van der Waals surface area (Å²) in [6, 6.07) is 22.5. The number of amides is 3. The van der Waals surface area contributed by atoms with Crippen molar-refractivity contribution < 1.29 is 43.0 Å². The Hall–Kier alpha value is -6.86. The van der Waals surface area contributed by atoms with Gasteiger partial charge in [0, 0.05) is 86.9 Å². The fourth-order valence-corrected chi connectivity index (χ4v) is 11.2. The quantitative estimate of drug-likeness (QED) is 0.0443. The van der Waals surface area contributed by atoms with Gasteiger partial charge in [-0.05, 0) is 129 Å². The molecular weight excluding hydrogens is 999 g/mol. The molecule has 0 spiro atoms. The summed E-state index contributed by atoms with van der Waals surface area (Å²) in [5.41, 5.74) is 10.9. The summed E-state index contributed by atoms with van der Waals surface area (Å²) in [6.45, 7) is 19.2. The Bertz CT molecular complexity index is 3020. The van der Waals surface area contributed by atoms with Crippen LogP contribution in [0.5, 0.6) is 11.6 Å². The zero-order valence-electron chi connectivity index (χ0n) is 45.5. The summed E-state index contributed by atoms with van der Waals surface area (Å²) in [4.78, 5) is 66.8. The van der Waals surface area contributed by atoms with Gasteiger partial charge in [-0.3, -0.25) is 19.2 Å². The number of aromatic amines is 1. The van der Waals surface area contributed by atoms with Crippen molar-refractivity contribution in [2.24, 2.45) is 5.92 Å². The molecule has 4 N–H and O–H groups in total. The maximum Gasteiger partial charge on any atom is 0.254 e. The van der Waals surface area contributed by atoms with E-state index in [2.05, 4.69) is 43.6 Å². The third kappa shape index (κ3) is 13.8. The summed E-state index contributed by atoms with van der Waals surface area (Å²) >= 11 is 1.58. The molecule has 4 atom stereocenters. The van der Waals surface area contributed by atoms with E-state index in [1.807, 2.05) is 115 Å². The van der Waals surface area contributed by atoms with Crippen molar-refractivity contribution in [2.45, 2.75) is 118 Å². The van der Waals surface area contributed by atoms with Crippen molar-refractivity contribution >= 4 is 34.7 Å². The molecule has 2 aliphatic rings. The van der Waals surface area contributed by atoms with Crippen LogP contribution in [0.4, 0.5) is 5.69 Å². The van der Waals surface area contributed by atoms with Gasteiger partial charge in [-0.15, -0.1) is 11.3 Å². The molecule has 6 aromatic rings. The van der Waals surface area contributed by atoms with Crippen LogP contribution in [0, 0.1) is 33.6 Å². The number of carbonyl (C=O) groups excluding carboxylic acids is 3. The van der Waals surface area contributed by atoms with E-state index in [0.29, 0.717) is 68.7 Å². The molecule has 0 radical (unpaired) electrons. The van der Waals surface area contributed by atoms with Crippen molar-refractivity contribution in [3.05, 3.63) is 134 Å². The first kappa shape index (κ1) is 56.3. The Morgan fingerprint density at radius 3 is 2.34 bits per heavy atom. The Balaban J connectivity index is 0.803. The van der Waals surface area contributed by atoms with Gasteiger partial charge in [0.05, 0.1) is 41.4 Å². The number of benzene rings is 3. The number of thiazole rings is 1. The number of carbonyl (C=O) groups is 3. The van der Waals surface area contributed by atoms with Gasteiger partial charge in [0.2, 0.25) is 11.8 Å². The second-order valence-electron chi connectivity index (χ2n) is 20.4. The molecule has 410 valence electrons. The van der Waals surface area contributed by atoms with E-state index in [9.17, 15) is 24.3 Å². The Kier molecular flexibility index (Phi) is 19.0. The summed E-state index contributed by atoms with van der Waals surface area (Å²) in [7, 11) is 0. The summed E-state index contributed by atoms with van der Waals surface area (Å²) < 4.78 is 29.1. The Morgan fingerprint density at radius 1 is 0.909 bits per heavy atom. The van der Waals surface area contributed by atoms with E-state index in [4.69, 9.17) is 23.5 Å². The minimum atomic E-state index is -0.851. The minimum Gasteiger partial charge on any atom is -0.491 e. The molecule has 5 heterocycles. The molecule has 17 nitrogen and oxygen atoms in total. The van der Waals surface area contributed by atoms with E-state index in [1.54, 1.807) is 17.4 Å². The van der Waals surface area contributed by atoms with Crippen LogP contribution >= 0.6 is 11.3 Å². The number of pyridine rings is 1. The average Bonchev–Trinajstić information content (AvgIpc) is 4.17. The SMILES string of the molecule is CCN(c1cc(-c2ccc(OCCOCCCOc3cc(C(C(=O)N4C[C@H](O)C[C@H]4C(=O)N[C@@H](C)c4ccc(-c5scnc5C)cc4)C(C)C)on3)cc2)cc(C(=O)NCc2c(C)cc(C)[nH]c2=O)c1C)C1CCOCC1.